The van der Waals surface area contributed by atoms with Crippen molar-refractivity contribution in [2.24, 2.45) is 0 Å². The minimum absolute atomic E-state index is 0.113. The third kappa shape index (κ3) is 3.54. The van der Waals surface area contributed by atoms with Crippen LogP contribution >= 0.6 is 0 Å². The summed E-state index contributed by atoms with van der Waals surface area (Å²) in [4.78, 5) is 14.3. The van der Waals surface area contributed by atoms with Crippen LogP contribution in [0.15, 0.2) is 24.3 Å². The molecule has 116 valence electrons. The third-order valence-corrected chi connectivity index (χ3v) is 3.75. The molecule has 1 N–H and O–H groups in total. The molecule has 5 heteroatoms. The Hall–Kier alpha value is -1.59. The first-order valence-corrected chi connectivity index (χ1v) is 7.49. The second-order valence-electron chi connectivity index (χ2n) is 5.04. The van der Waals surface area contributed by atoms with Crippen molar-refractivity contribution in [3.63, 3.8) is 0 Å². The van der Waals surface area contributed by atoms with Gasteiger partial charge in [0.2, 0.25) is 5.91 Å². The monoisotopic (exact) mass is 292 g/mol. The Labute approximate surface area is 126 Å². The Morgan fingerprint density at radius 3 is 2.81 bits per heavy atom. The Morgan fingerprint density at radius 2 is 2.14 bits per heavy atom. The summed E-state index contributed by atoms with van der Waals surface area (Å²) in [5.74, 6) is 0.941. The quantitative estimate of drug-likeness (QED) is 0.780. The zero-order valence-electron chi connectivity index (χ0n) is 13.0. The molecule has 21 heavy (non-hydrogen) atoms. The lowest BCUT2D eigenvalue weighted by Crippen LogP contribution is -2.34. The zero-order chi connectivity index (χ0) is 15.2. The van der Waals surface area contributed by atoms with E-state index in [0.29, 0.717) is 19.8 Å². The highest BCUT2D eigenvalue weighted by atomic mass is 16.5. The van der Waals surface area contributed by atoms with Crippen LogP contribution in [0, 0.1) is 0 Å². The number of nitrogens with one attached hydrogen (secondary N) is 1. The van der Waals surface area contributed by atoms with Crippen LogP contribution in [0.4, 0.5) is 0 Å². The fourth-order valence-electron chi connectivity index (χ4n) is 2.61. The van der Waals surface area contributed by atoms with Crippen LogP contribution in [0.25, 0.3) is 0 Å². The lowest BCUT2D eigenvalue weighted by Gasteiger charge is -2.24. The van der Waals surface area contributed by atoms with Gasteiger partial charge in [0.25, 0.3) is 0 Å². The molecule has 0 bridgehead atoms. The number of hydrogen-bond donors (Lipinski definition) is 1. The smallest absolute Gasteiger partial charge is 0.241 e. The highest BCUT2D eigenvalue weighted by Gasteiger charge is 2.38. The lowest BCUT2D eigenvalue weighted by molar-refractivity contribution is -0.130. The van der Waals surface area contributed by atoms with E-state index in [1.807, 2.05) is 43.0 Å². The third-order valence-electron chi connectivity index (χ3n) is 3.75. The molecule has 2 rings (SSSR count). The van der Waals surface area contributed by atoms with E-state index in [2.05, 4.69) is 5.32 Å². The number of methoxy groups -OCH3 is 1. The molecule has 1 aromatic carbocycles. The topological polar surface area (TPSA) is 50.8 Å². The number of rotatable bonds is 7. The zero-order valence-corrected chi connectivity index (χ0v) is 13.0. The first-order chi connectivity index (χ1) is 10.2. The fourth-order valence-corrected chi connectivity index (χ4v) is 2.61. The molecule has 1 fully saturated rings. The van der Waals surface area contributed by atoms with Crippen molar-refractivity contribution in [3.05, 3.63) is 29.8 Å². The molecule has 2 atom stereocenters. The Morgan fingerprint density at radius 1 is 1.33 bits per heavy atom. The van der Waals surface area contributed by atoms with Gasteiger partial charge in [-0.05, 0) is 31.0 Å². The number of nitrogens with zero attached hydrogens (tertiary/aromatic N) is 1. The average Bonchev–Trinajstić information content (AvgIpc) is 2.84. The SMILES string of the molecule is CCOCCN1C(=O)C(CC)NC1c1cccc(OC)c1. The minimum Gasteiger partial charge on any atom is -0.497 e. The maximum Gasteiger partial charge on any atom is 0.241 e. The van der Waals surface area contributed by atoms with Crippen LogP contribution < -0.4 is 10.1 Å². The summed E-state index contributed by atoms with van der Waals surface area (Å²) in [6, 6.07) is 7.71. The van der Waals surface area contributed by atoms with Crippen molar-refractivity contribution in [2.45, 2.75) is 32.5 Å². The van der Waals surface area contributed by atoms with Crippen molar-refractivity contribution in [1.29, 1.82) is 0 Å². The van der Waals surface area contributed by atoms with Gasteiger partial charge in [-0.1, -0.05) is 19.1 Å². The van der Waals surface area contributed by atoms with Gasteiger partial charge in [-0.2, -0.15) is 0 Å². The maximum absolute atomic E-state index is 12.4. The molecule has 1 amide bonds. The number of carbonyl (C=O) groups is 1. The van der Waals surface area contributed by atoms with Gasteiger partial charge >= 0.3 is 0 Å². The minimum atomic E-state index is -0.122. The number of amides is 1. The summed E-state index contributed by atoms with van der Waals surface area (Å²) in [6.07, 6.45) is 0.669. The highest BCUT2D eigenvalue weighted by molar-refractivity contribution is 5.84. The van der Waals surface area contributed by atoms with Gasteiger partial charge in [-0.25, -0.2) is 0 Å². The molecular formula is C16H24N2O3. The predicted octanol–water partition coefficient (Wildman–Crippen LogP) is 1.94. The second kappa shape index (κ2) is 7.43. The first-order valence-electron chi connectivity index (χ1n) is 7.49. The summed E-state index contributed by atoms with van der Waals surface area (Å²) in [6.45, 7) is 5.79. The number of ether oxygens (including phenoxy) is 2. The Balaban J connectivity index is 2.18. The van der Waals surface area contributed by atoms with Crippen LogP contribution in [0.2, 0.25) is 0 Å². The molecular weight excluding hydrogens is 268 g/mol. The summed E-state index contributed by atoms with van der Waals surface area (Å²) < 4.78 is 10.7. The fraction of sp³-hybridized carbons (Fsp3) is 0.562. The predicted molar refractivity (Wildman–Crippen MR) is 81.2 cm³/mol. The molecule has 1 saturated heterocycles. The van der Waals surface area contributed by atoms with Gasteiger partial charge in [0.05, 0.1) is 19.8 Å². The van der Waals surface area contributed by atoms with Crippen molar-refractivity contribution < 1.29 is 14.3 Å². The van der Waals surface area contributed by atoms with Crippen LogP contribution in [-0.4, -0.2) is 43.7 Å². The molecule has 1 heterocycles. The molecule has 2 unspecified atom stereocenters. The standard InChI is InChI=1S/C16H24N2O3/c1-4-14-16(19)18(9-10-21-5-2)15(17-14)12-7-6-8-13(11-12)20-3/h6-8,11,14-15,17H,4-5,9-10H2,1-3H3. The van der Waals surface area contributed by atoms with E-state index in [0.717, 1.165) is 17.7 Å². The summed E-state index contributed by atoms with van der Waals surface area (Å²) >= 11 is 0. The van der Waals surface area contributed by atoms with Crippen LogP contribution in [-0.2, 0) is 9.53 Å². The maximum atomic E-state index is 12.4. The van der Waals surface area contributed by atoms with Gasteiger partial charge in [-0.15, -0.1) is 0 Å². The van der Waals surface area contributed by atoms with Crippen LogP contribution in [0.1, 0.15) is 32.0 Å². The van der Waals surface area contributed by atoms with Crippen molar-refractivity contribution in [2.75, 3.05) is 26.9 Å². The summed E-state index contributed by atoms with van der Waals surface area (Å²) in [5, 5.41) is 3.40. The van der Waals surface area contributed by atoms with Gasteiger partial charge < -0.3 is 14.4 Å². The number of hydrogen-bond acceptors (Lipinski definition) is 4. The molecule has 0 saturated carbocycles. The van der Waals surface area contributed by atoms with Crippen molar-refractivity contribution in [1.82, 2.24) is 10.2 Å². The highest BCUT2D eigenvalue weighted by Crippen LogP contribution is 2.28. The molecule has 0 radical (unpaired) electrons. The van der Waals surface area contributed by atoms with Gasteiger partial charge in [0.15, 0.2) is 0 Å². The molecule has 0 spiro atoms. The number of carbonyl (C=O) groups excluding carboxylic acids is 1. The summed E-state index contributed by atoms with van der Waals surface area (Å²) in [7, 11) is 1.65. The first kappa shape index (κ1) is 15.8. The van der Waals surface area contributed by atoms with Crippen LogP contribution in [0.3, 0.4) is 0 Å². The Bertz CT molecular complexity index is 478. The van der Waals surface area contributed by atoms with E-state index < -0.39 is 0 Å². The summed E-state index contributed by atoms with van der Waals surface area (Å²) in [5.41, 5.74) is 1.04. The molecule has 1 aliphatic rings. The molecule has 1 aromatic rings. The second-order valence-corrected chi connectivity index (χ2v) is 5.04. The van der Waals surface area contributed by atoms with Crippen LogP contribution in [0.5, 0.6) is 5.75 Å². The van der Waals surface area contributed by atoms with E-state index in [9.17, 15) is 4.79 Å². The molecule has 5 nitrogen and oxygen atoms in total. The van der Waals surface area contributed by atoms with Crippen molar-refractivity contribution >= 4 is 5.91 Å². The average molecular weight is 292 g/mol. The van der Waals surface area contributed by atoms with E-state index in [1.165, 1.54) is 0 Å². The van der Waals surface area contributed by atoms with Gasteiger partial charge in [-0.3, -0.25) is 10.1 Å². The number of benzene rings is 1. The van der Waals surface area contributed by atoms with Gasteiger partial charge in [0, 0.05) is 13.2 Å². The van der Waals surface area contributed by atoms with E-state index in [-0.39, 0.29) is 18.1 Å². The van der Waals surface area contributed by atoms with E-state index in [4.69, 9.17) is 9.47 Å². The Kier molecular flexibility index (Phi) is 5.59. The van der Waals surface area contributed by atoms with E-state index >= 15 is 0 Å². The lowest BCUT2D eigenvalue weighted by atomic mass is 10.1. The molecule has 1 aliphatic heterocycles. The normalized spacial score (nSPS) is 21.9. The van der Waals surface area contributed by atoms with E-state index in [1.54, 1.807) is 7.11 Å². The van der Waals surface area contributed by atoms with Gasteiger partial charge in [0.1, 0.15) is 11.9 Å². The molecule has 0 aliphatic carbocycles. The molecule has 0 aromatic heterocycles. The van der Waals surface area contributed by atoms with Crippen molar-refractivity contribution in [3.8, 4) is 5.75 Å². The largest absolute Gasteiger partial charge is 0.497 e.